The molecule has 0 saturated carbocycles. The maximum atomic E-state index is 15.2. The predicted molar refractivity (Wildman–Crippen MR) is 162 cm³/mol. The van der Waals surface area contributed by atoms with Crippen LogP contribution in [0.15, 0.2) is 76.2 Å². The van der Waals surface area contributed by atoms with Crippen LogP contribution in [0.3, 0.4) is 0 Å². The number of hydrogen-bond acceptors (Lipinski definition) is 9. The highest BCUT2D eigenvalue weighted by molar-refractivity contribution is 6.16. The Morgan fingerprint density at radius 1 is 1.02 bits per heavy atom. The molecule has 1 aliphatic heterocycles. The number of benzene rings is 3. The maximum Gasteiger partial charge on any atom is 0.203 e. The summed E-state index contributed by atoms with van der Waals surface area (Å²) in [4.78, 5) is 23.8. The standard InChI is InChI=1S/C32H27F3N6O3/c1-17(30-25(18-4-2-5-20(33)14-18)29(42)26-21(34)6-3-7-24(26)44-30)40-32-27(31(37)38-16-39-32)28(36)19-8-9-23(22(35)15-19)41-10-12-43-13-11-41/h2-9,14-17,36H,10-13H2,1H3,(H3,37,38,39,40). The van der Waals surface area contributed by atoms with Crippen molar-refractivity contribution in [2.24, 2.45) is 0 Å². The lowest BCUT2D eigenvalue weighted by Crippen LogP contribution is -2.36. The highest BCUT2D eigenvalue weighted by Gasteiger charge is 2.26. The van der Waals surface area contributed by atoms with E-state index in [1.165, 1.54) is 42.7 Å². The number of nitrogen functional groups attached to an aromatic ring is 1. The van der Waals surface area contributed by atoms with Gasteiger partial charge in [-0.2, -0.15) is 0 Å². The minimum absolute atomic E-state index is 0.00445. The van der Waals surface area contributed by atoms with Crippen LogP contribution in [0.4, 0.5) is 30.5 Å². The summed E-state index contributed by atoms with van der Waals surface area (Å²) in [6.45, 7) is 3.75. The van der Waals surface area contributed by atoms with Crippen LogP contribution in [-0.2, 0) is 4.74 Å². The third kappa shape index (κ3) is 5.35. The first-order valence-corrected chi connectivity index (χ1v) is 13.8. The lowest BCUT2D eigenvalue weighted by molar-refractivity contribution is 0.122. The van der Waals surface area contributed by atoms with E-state index in [1.807, 2.05) is 4.90 Å². The second-order valence-corrected chi connectivity index (χ2v) is 10.3. The van der Waals surface area contributed by atoms with E-state index in [-0.39, 0.29) is 56.3 Å². The van der Waals surface area contributed by atoms with E-state index in [1.54, 1.807) is 19.1 Å². The molecule has 9 nitrogen and oxygen atoms in total. The summed E-state index contributed by atoms with van der Waals surface area (Å²) in [7, 11) is 0. The molecule has 1 fully saturated rings. The molecule has 224 valence electrons. The van der Waals surface area contributed by atoms with E-state index in [9.17, 15) is 13.6 Å². The molecule has 0 spiro atoms. The summed E-state index contributed by atoms with van der Waals surface area (Å²) in [5.74, 6) is -1.71. The van der Waals surface area contributed by atoms with Crippen molar-refractivity contribution in [3.8, 4) is 11.1 Å². The Morgan fingerprint density at radius 3 is 2.55 bits per heavy atom. The second-order valence-electron chi connectivity index (χ2n) is 10.3. The van der Waals surface area contributed by atoms with Crippen LogP contribution in [-0.4, -0.2) is 42.0 Å². The number of anilines is 3. The molecule has 44 heavy (non-hydrogen) atoms. The maximum absolute atomic E-state index is 15.2. The zero-order valence-electron chi connectivity index (χ0n) is 23.5. The van der Waals surface area contributed by atoms with Crippen molar-refractivity contribution in [2.75, 3.05) is 42.3 Å². The fourth-order valence-corrected chi connectivity index (χ4v) is 5.33. The molecule has 1 unspecified atom stereocenters. The molecule has 6 rings (SSSR count). The van der Waals surface area contributed by atoms with Crippen molar-refractivity contribution < 1.29 is 22.3 Å². The minimum Gasteiger partial charge on any atom is -0.458 e. The minimum atomic E-state index is -0.824. The molecule has 4 N–H and O–H groups in total. The van der Waals surface area contributed by atoms with E-state index >= 15 is 4.39 Å². The Bertz CT molecular complexity index is 1960. The van der Waals surface area contributed by atoms with E-state index < -0.39 is 28.9 Å². The highest BCUT2D eigenvalue weighted by atomic mass is 19.1. The number of hydrogen-bond donors (Lipinski definition) is 3. The number of rotatable bonds is 7. The average Bonchev–Trinajstić information content (AvgIpc) is 3.01. The Balaban J connectivity index is 1.40. The molecule has 0 bridgehead atoms. The van der Waals surface area contributed by atoms with Gasteiger partial charge in [-0.15, -0.1) is 0 Å². The van der Waals surface area contributed by atoms with Crippen LogP contribution >= 0.6 is 0 Å². The van der Waals surface area contributed by atoms with Gasteiger partial charge in [-0.05, 0) is 48.9 Å². The van der Waals surface area contributed by atoms with Crippen molar-refractivity contribution in [2.45, 2.75) is 13.0 Å². The lowest BCUT2D eigenvalue weighted by Gasteiger charge is -2.29. The largest absolute Gasteiger partial charge is 0.458 e. The zero-order chi connectivity index (χ0) is 31.0. The van der Waals surface area contributed by atoms with Crippen molar-refractivity contribution in [1.29, 1.82) is 5.41 Å². The molecule has 1 saturated heterocycles. The van der Waals surface area contributed by atoms with Crippen molar-refractivity contribution >= 4 is 34.0 Å². The van der Waals surface area contributed by atoms with Gasteiger partial charge in [0.1, 0.15) is 52.1 Å². The quantitative estimate of drug-likeness (QED) is 0.204. The van der Waals surface area contributed by atoms with Crippen LogP contribution in [0, 0.1) is 22.9 Å². The van der Waals surface area contributed by atoms with E-state index in [0.29, 0.717) is 32.0 Å². The molecule has 3 heterocycles. The van der Waals surface area contributed by atoms with Gasteiger partial charge in [0.05, 0.1) is 41.8 Å². The van der Waals surface area contributed by atoms with E-state index in [2.05, 4.69) is 15.3 Å². The smallest absolute Gasteiger partial charge is 0.203 e. The van der Waals surface area contributed by atoms with Gasteiger partial charge >= 0.3 is 0 Å². The fraction of sp³-hybridized carbons (Fsp3) is 0.188. The summed E-state index contributed by atoms with van der Waals surface area (Å²) in [6.07, 6.45) is 1.20. The molecule has 3 aromatic carbocycles. The summed E-state index contributed by atoms with van der Waals surface area (Å²) in [5, 5.41) is 11.8. The first kappa shape index (κ1) is 28.9. The summed E-state index contributed by atoms with van der Waals surface area (Å²) < 4.78 is 55.7. The average molecular weight is 601 g/mol. The van der Waals surface area contributed by atoms with Gasteiger partial charge in [0.15, 0.2) is 0 Å². The number of nitrogens with zero attached hydrogens (tertiary/aromatic N) is 3. The van der Waals surface area contributed by atoms with Crippen LogP contribution < -0.4 is 21.4 Å². The summed E-state index contributed by atoms with van der Waals surface area (Å²) in [6, 6.07) is 13.0. The van der Waals surface area contributed by atoms with Crippen molar-refractivity contribution in [1.82, 2.24) is 9.97 Å². The number of halogens is 3. The molecular formula is C32H27F3N6O3. The Kier molecular flexibility index (Phi) is 7.75. The molecule has 1 atom stereocenters. The Labute approximate surface area is 249 Å². The number of fused-ring (bicyclic) bond motifs is 1. The first-order valence-electron chi connectivity index (χ1n) is 13.8. The third-order valence-electron chi connectivity index (χ3n) is 7.47. The van der Waals surface area contributed by atoms with Crippen LogP contribution in [0.2, 0.25) is 0 Å². The van der Waals surface area contributed by atoms with Crippen LogP contribution in [0.25, 0.3) is 22.1 Å². The Hall–Kier alpha value is -5.23. The number of ether oxygens (including phenoxy) is 1. The van der Waals surface area contributed by atoms with Crippen LogP contribution in [0.5, 0.6) is 0 Å². The zero-order valence-corrected chi connectivity index (χ0v) is 23.5. The summed E-state index contributed by atoms with van der Waals surface area (Å²) in [5.41, 5.74) is 6.29. The number of nitrogens with two attached hydrogens (primary N) is 1. The molecule has 2 aromatic heterocycles. The first-order chi connectivity index (χ1) is 21.2. The van der Waals surface area contributed by atoms with Crippen molar-refractivity contribution in [3.63, 3.8) is 0 Å². The van der Waals surface area contributed by atoms with Gasteiger partial charge in [0.2, 0.25) is 5.43 Å². The Morgan fingerprint density at radius 2 is 1.80 bits per heavy atom. The van der Waals surface area contributed by atoms with E-state index in [0.717, 1.165) is 12.1 Å². The van der Waals surface area contributed by atoms with Gasteiger partial charge < -0.3 is 25.1 Å². The third-order valence-corrected chi connectivity index (χ3v) is 7.47. The number of nitrogens with one attached hydrogen (secondary N) is 2. The normalized spacial score (nSPS) is 14.0. The molecule has 1 aliphatic rings. The molecule has 0 aliphatic carbocycles. The van der Waals surface area contributed by atoms with Gasteiger partial charge in [0, 0.05) is 18.7 Å². The van der Waals surface area contributed by atoms with Gasteiger partial charge in [0.25, 0.3) is 0 Å². The van der Waals surface area contributed by atoms with Crippen molar-refractivity contribution in [3.05, 3.63) is 112 Å². The molecule has 0 amide bonds. The molecule has 12 heteroatoms. The lowest BCUT2D eigenvalue weighted by atomic mass is 9.98. The molecular weight excluding hydrogens is 573 g/mol. The van der Waals surface area contributed by atoms with Gasteiger partial charge in [-0.1, -0.05) is 24.3 Å². The highest BCUT2D eigenvalue weighted by Crippen LogP contribution is 2.33. The fourth-order valence-electron chi connectivity index (χ4n) is 5.33. The van der Waals surface area contributed by atoms with Crippen LogP contribution in [0.1, 0.15) is 29.9 Å². The monoisotopic (exact) mass is 600 g/mol. The van der Waals surface area contributed by atoms with Gasteiger partial charge in [-0.25, -0.2) is 23.1 Å². The SMILES string of the molecule is CC(Nc1ncnc(N)c1C(=N)c1ccc(N2CCOCC2)c(F)c1)c1oc2cccc(F)c2c(=O)c1-c1cccc(F)c1. The molecule has 5 aromatic rings. The number of morpholine rings is 1. The van der Waals surface area contributed by atoms with E-state index in [4.69, 9.17) is 20.3 Å². The van der Waals surface area contributed by atoms with Gasteiger partial charge in [-0.3, -0.25) is 10.2 Å². The second kappa shape index (κ2) is 11.8. The molecule has 0 radical (unpaired) electrons. The topological polar surface area (TPSA) is 130 Å². The summed E-state index contributed by atoms with van der Waals surface area (Å²) >= 11 is 0. The predicted octanol–water partition coefficient (Wildman–Crippen LogP) is 5.68. The number of aromatic nitrogens is 2.